The van der Waals surface area contributed by atoms with E-state index in [1.807, 2.05) is 19.1 Å². The second-order valence-electron chi connectivity index (χ2n) is 8.27. The zero-order valence-electron chi connectivity index (χ0n) is 19.2. The third-order valence-corrected chi connectivity index (χ3v) is 6.00. The van der Waals surface area contributed by atoms with Gasteiger partial charge in [-0.3, -0.25) is 14.7 Å². The zero-order chi connectivity index (χ0) is 24.1. The maximum Gasteiger partial charge on any atom is 0.257 e. The van der Waals surface area contributed by atoms with E-state index in [0.29, 0.717) is 39.0 Å². The first-order valence-electron chi connectivity index (χ1n) is 10.9. The van der Waals surface area contributed by atoms with E-state index in [9.17, 15) is 4.79 Å². The number of likely N-dealkylation sites (N-methyl/N-ethyl adjacent to an activating group) is 1. The summed E-state index contributed by atoms with van der Waals surface area (Å²) in [5.41, 5.74) is 9.45. The van der Waals surface area contributed by atoms with Crippen LogP contribution in [0.2, 0.25) is 5.02 Å². The molecule has 3 aromatic rings. The minimum Gasteiger partial charge on any atom is -0.382 e. The van der Waals surface area contributed by atoms with Gasteiger partial charge in [-0.05, 0) is 43.7 Å². The van der Waals surface area contributed by atoms with E-state index in [1.165, 1.54) is 18.6 Å². The number of aromatic nitrogens is 3. The minimum absolute atomic E-state index is 0.286. The molecule has 1 fully saturated rings. The molecule has 0 unspecified atom stereocenters. The molecule has 3 N–H and O–H groups in total. The lowest BCUT2D eigenvalue weighted by atomic mass is 10.1. The molecule has 0 atom stereocenters. The first kappa shape index (κ1) is 23.6. The Morgan fingerprint density at radius 2 is 1.88 bits per heavy atom. The van der Waals surface area contributed by atoms with Crippen LogP contribution in [0.15, 0.2) is 42.9 Å². The Kier molecular flexibility index (Phi) is 7.38. The second-order valence-corrected chi connectivity index (χ2v) is 8.68. The molecule has 1 saturated heterocycles. The molecule has 4 rings (SSSR count). The molecule has 0 radical (unpaired) electrons. The molecule has 1 amide bonds. The number of nitrogens with zero attached hydrogens (tertiary/aromatic N) is 5. The number of nitrogen functional groups attached to an aromatic ring is 1. The van der Waals surface area contributed by atoms with Crippen LogP contribution in [-0.4, -0.2) is 63.9 Å². The smallest absolute Gasteiger partial charge is 0.257 e. The fourth-order valence-corrected chi connectivity index (χ4v) is 3.76. The summed E-state index contributed by atoms with van der Waals surface area (Å²) in [4.78, 5) is 29.9. The van der Waals surface area contributed by atoms with Crippen molar-refractivity contribution in [2.75, 3.05) is 44.3 Å². The molecule has 3 heterocycles. The molecule has 1 aliphatic heterocycles. The van der Waals surface area contributed by atoms with Crippen molar-refractivity contribution in [3.63, 3.8) is 0 Å². The summed E-state index contributed by atoms with van der Waals surface area (Å²) in [5, 5.41) is 3.53. The molecule has 1 aromatic carbocycles. The molecular formula is C25H26ClN7O. The molecular weight excluding hydrogens is 450 g/mol. The predicted octanol–water partition coefficient (Wildman–Crippen LogP) is 2.82. The van der Waals surface area contributed by atoms with Gasteiger partial charge in [0.15, 0.2) is 0 Å². The number of hydrogen-bond acceptors (Lipinski definition) is 7. The van der Waals surface area contributed by atoms with Crippen LogP contribution in [0.25, 0.3) is 0 Å². The first-order valence-corrected chi connectivity index (χ1v) is 11.3. The number of nitrogens with one attached hydrogen (secondary N) is 1. The highest BCUT2D eigenvalue weighted by atomic mass is 35.5. The van der Waals surface area contributed by atoms with Crippen LogP contribution in [0.5, 0.6) is 0 Å². The summed E-state index contributed by atoms with van der Waals surface area (Å²) in [7, 11) is 2.13. The van der Waals surface area contributed by atoms with Crippen molar-refractivity contribution < 1.29 is 4.79 Å². The van der Waals surface area contributed by atoms with Gasteiger partial charge in [0, 0.05) is 55.2 Å². The van der Waals surface area contributed by atoms with Gasteiger partial charge < -0.3 is 16.0 Å². The number of rotatable bonds is 4. The molecule has 9 heteroatoms. The molecule has 0 aliphatic carbocycles. The average molecular weight is 476 g/mol. The molecule has 8 nitrogen and oxygen atoms in total. The Bertz CT molecular complexity index is 1240. The number of piperazine rings is 1. The number of nitrogens with two attached hydrogens (primary N) is 1. The van der Waals surface area contributed by atoms with Crippen molar-refractivity contribution in [1.82, 2.24) is 24.8 Å². The fourth-order valence-electron chi connectivity index (χ4n) is 3.52. The maximum absolute atomic E-state index is 12.8. The van der Waals surface area contributed by atoms with Gasteiger partial charge in [-0.15, -0.1) is 0 Å². The molecule has 34 heavy (non-hydrogen) atoms. The van der Waals surface area contributed by atoms with E-state index in [2.05, 4.69) is 49.0 Å². The second kappa shape index (κ2) is 10.6. The van der Waals surface area contributed by atoms with Gasteiger partial charge in [0.2, 0.25) is 0 Å². The van der Waals surface area contributed by atoms with E-state index in [1.54, 1.807) is 12.1 Å². The number of aryl methyl sites for hydroxylation is 1. The quantitative estimate of drug-likeness (QED) is 0.559. The molecule has 1 aliphatic rings. The van der Waals surface area contributed by atoms with Crippen molar-refractivity contribution in [2.45, 2.75) is 13.5 Å². The van der Waals surface area contributed by atoms with Crippen molar-refractivity contribution in [3.05, 3.63) is 76.0 Å². The molecule has 2 aromatic heterocycles. The summed E-state index contributed by atoms with van der Waals surface area (Å²) in [6.45, 7) is 6.76. The lowest BCUT2D eigenvalue weighted by Crippen LogP contribution is -2.43. The summed E-state index contributed by atoms with van der Waals surface area (Å²) < 4.78 is 0. The molecule has 174 valence electrons. The zero-order valence-corrected chi connectivity index (χ0v) is 19.9. The Balaban J connectivity index is 1.44. The van der Waals surface area contributed by atoms with E-state index >= 15 is 0 Å². The van der Waals surface area contributed by atoms with Crippen molar-refractivity contribution in [2.24, 2.45) is 0 Å². The number of halogens is 1. The summed E-state index contributed by atoms with van der Waals surface area (Å²) >= 11 is 6.52. The van der Waals surface area contributed by atoms with Crippen LogP contribution in [0.4, 0.5) is 11.5 Å². The topological polar surface area (TPSA) is 100 Å². The first-order chi connectivity index (χ1) is 16.4. The predicted molar refractivity (Wildman–Crippen MR) is 134 cm³/mol. The monoisotopic (exact) mass is 475 g/mol. The fraction of sp³-hybridized carbons (Fsp3) is 0.280. The summed E-state index contributed by atoms with van der Waals surface area (Å²) in [5.74, 6) is 5.96. The molecule has 0 saturated carbocycles. The SMILES string of the molecule is Cc1ncc(C(=O)Nc2ccc(CN3CCN(C)CC3)c(Cl)c2)cc1C#Cc1cnc(N)cn1. The van der Waals surface area contributed by atoms with Gasteiger partial charge in [-0.25, -0.2) is 9.97 Å². The van der Waals surface area contributed by atoms with Crippen molar-refractivity contribution in [1.29, 1.82) is 0 Å². The number of benzene rings is 1. The van der Waals surface area contributed by atoms with Crippen LogP contribution < -0.4 is 11.1 Å². The highest BCUT2D eigenvalue weighted by molar-refractivity contribution is 6.31. The van der Waals surface area contributed by atoms with Gasteiger partial charge in [0.25, 0.3) is 5.91 Å². The Morgan fingerprint density at radius 1 is 1.09 bits per heavy atom. The summed E-state index contributed by atoms with van der Waals surface area (Å²) in [6.07, 6.45) is 4.47. The largest absolute Gasteiger partial charge is 0.382 e. The highest BCUT2D eigenvalue weighted by Gasteiger charge is 2.16. The van der Waals surface area contributed by atoms with Gasteiger partial charge in [0.1, 0.15) is 11.5 Å². The van der Waals surface area contributed by atoms with Gasteiger partial charge in [-0.2, -0.15) is 0 Å². The van der Waals surface area contributed by atoms with E-state index in [4.69, 9.17) is 17.3 Å². The number of amides is 1. The standard InChI is InChI=1S/C25H26ClN7O/c1-17-18(3-6-22-14-30-24(27)15-29-22)11-20(13-28-17)25(34)31-21-5-4-19(23(26)12-21)16-33-9-7-32(2)8-10-33/h4-5,11-15H,7-10,16H2,1-2H3,(H2,27,30)(H,31,34). The van der Waals surface area contributed by atoms with E-state index in [-0.39, 0.29) is 5.91 Å². The van der Waals surface area contributed by atoms with Crippen LogP contribution >= 0.6 is 11.6 Å². The van der Waals surface area contributed by atoms with Crippen LogP contribution in [-0.2, 0) is 6.54 Å². The molecule has 0 spiro atoms. The van der Waals surface area contributed by atoms with E-state index < -0.39 is 0 Å². The Labute approximate surface area is 204 Å². The summed E-state index contributed by atoms with van der Waals surface area (Å²) in [6, 6.07) is 7.33. The van der Waals surface area contributed by atoms with Crippen molar-refractivity contribution in [3.8, 4) is 11.8 Å². The number of anilines is 2. The normalized spacial score (nSPS) is 14.3. The molecule has 0 bridgehead atoms. The third kappa shape index (κ3) is 6.08. The third-order valence-electron chi connectivity index (χ3n) is 5.65. The number of carbonyl (C=O) groups is 1. The number of carbonyl (C=O) groups excluding carboxylic acids is 1. The lowest BCUT2D eigenvalue weighted by molar-refractivity contribution is 0.102. The van der Waals surface area contributed by atoms with Crippen LogP contribution in [0, 0.1) is 18.8 Å². The lowest BCUT2D eigenvalue weighted by Gasteiger charge is -2.32. The van der Waals surface area contributed by atoms with Gasteiger partial charge >= 0.3 is 0 Å². The Hall–Kier alpha value is -3.51. The van der Waals surface area contributed by atoms with Crippen molar-refractivity contribution >= 4 is 29.0 Å². The number of pyridine rings is 1. The number of hydrogen-bond donors (Lipinski definition) is 2. The maximum atomic E-state index is 12.8. The Morgan fingerprint density at radius 3 is 2.59 bits per heavy atom. The van der Waals surface area contributed by atoms with Gasteiger partial charge in [0.05, 0.1) is 23.7 Å². The minimum atomic E-state index is -0.286. The van der Waals surface area contributed by atoms with Gasteiger partial charge in [-0.1, -0.05) is 23.6 Å². The van der Waals surface area contributed by atoms with Crippen LogP contribution in [0.3, 0.4) is 0 Å². The van der Waals surface area contributed by atoms with Crippen LogP contribution in [0.1, 0.15) is 32.9 Å². The highest BCUT2D eigenvalue weighted by Crippen LogP contribution is 2.23. The van der Waals surface area contributed by atoms with E-state index in [0.717, 1.165) is 38.3 Å². The average Bonchev–Trinajstić information content (AvgIpc) is 2.82.